The first kappa shape index (κ1) is 15.3. The average molecular weight is 276 g/mol. The van der Waals surface area contributed by atoms with Gasteiger partial charge >= 0.3 is 5.97 Å². The Balaban J connectivity index is 2.71. The number of carbonyl (C=O) groups excluding carboxylic acids is 2. The van der Waals surface area contributed by atoms with Crippen LogP contribution in [0, 0.1) is 6.57 Å². The smallest absolute Gasteiger partial charge is 0.372 e. The van der Waals surface area contributed by atoms with Gasteiger partial charge in [0.15, 0.2) is 5.69 Å². The van der Waals surface area contributed by atoms with Crippen LogP contribution in [0.25, 0.3) is 4.85 Å². The Morgan fingerprint density at radius 3 is 2.35 bits per heavy atom. The number of Topliss-reactive ketones (excluding diaryl/α,β-unsaturated/α-hetero) is 1. The fraction of sp³-hybridized carbons (Fsp3) is 0.231. The highest BCUT2D eigenvalue weighted by Gasteiger charge is 2.21. The summed E-state index contributed by atoms with van der Waals surface area (Å²) in [4.78, 5) is 41.1. The van der Waals surface area contributed by atoms with Crippen LogP contribution in [0.2, 0.25) is 0 Å². The van der Waals surface area contributed by atoms with Gasteiger partial charge < -0.3 is 5.11 Å². The van der Waals surface area contributed by atoms with Crippen LogP contribution in [0.4, 0.5) is 5.69 Å². The van der Waals surface area contributed by atoms with E-state index >= 15 is 0 Å². The molecule has 20 heavy (non-hydrogen) atoms. The van der Waals surface area contributed by atoms with Gasteiger partial charge in [-0.2, -0.15) is 0 Å². The van der Waals surface area contributed by atoms with Crippen LogP contribution in [0.3, 0.4) is 0 Å². The molecule has 1 N–H and O–H groups in total. The quantitative estimate of drug-likeness (QED) is 0.364. The van der Waals surface area contributed by atoms with Crippen LogP contribution >= 0.6 is 0 Å². The number of carbonyl (C=O) groups is 3. The number of rotatable bonds is 6. The molecule has 0 aromatic heterocycles. The molecule has 0 aliphatic rings. The minimum Gasteiger partial charge on any atom is -0.475 e. The Hall–Kier alpha value is -2.72. The number of aliphatic carboxylic acids is 1. The standard InChI is InChI=1S/C13H12N2O5/c1-14-10-5-3-9(4-6-10)8-15(20-2)12(17)7-11(16)13(18)19/h3-6H,7-8H2,2H3,(H,18,19). The molecule has 0 aliphatic carbocycles. The number of hydrogen-bond acceptors (Lipinski definition) is 4. The lowest BCUT2D eigenvalue weighted by Gasteiger charge is -2.19. The Kier molecular flexibility index (Phi) is 5.38. The molecule has 0 bridgehead atoms. The Morgan fingerprint density at radius 2 is 1.90 bits per heavy atom. The number of carboxylic acids is 1. The summed E-state index contributed by atoms with van der Waals surface area (Å²) >= 11 is 0. The molecule has 0 radical (unpaired) electrons. The van der Waals surface area contributed by atoms with Gasteiger partial charge in [0.25, 0.3) is 5.91 Å². The van der Waals surface area contributed by atoms with E-state index in [-0.39, 0.29) is 6.54 Å². The maximum Gasteiger partial charge on any atom is 0.372 e. The van der Waals surface area contributed by atoms with Gasteiger partial charge in [-0.15, -0.1) is 0 Å². The molecule has 0 aliphatic heterocycles. The molecule has 1 aromatic carbocycles. The van der Waals surface area contributed by atoms with E-state index in [1.165, 1.54) is 7.11 Å². The first-order chi connectivity index (χ1) is 9.47. The van der Waals surface area contributed by atoms with Gasteiger partial charge in [0.2, 0.25) is 5.78 Å². The van der Waals surface area contributed by atoms with Crippen LogP contribution in [0.5, 0.6) is 0 Å². The highest BCUT2D eigenvalue weighted by molar-refractivity contribution is 6.36. The summed E-state index contributed by atoms with van der Waals surface area (Å²) in [5, 5.41) is 9.34. The van der Waals surface area contributed by atoms with Crippen molar-refractivity contribution in [2.75, 3.05) is 7.11 Å². The molecular weight excluding hydrogens is 264 g/mol. The predicted molar refractivity (Wildman–Crippen MR) is 67.5 cm³/mol. The lowest BCUT2D eigenvalue weighted by Crippen LogP contribution is -2.32. The molecule has 0 spiro atoms. The molecule has 1 aromatic rings. The number of hydrogen-bond donors (Lipinski definition) is 1. The number of hydroxylamine groups is 2. The van der Waals surface area contributed by atoms with Gasteiger partial charge in [-0.05, 0) is 5.56 Å². The Morgan fingerprint density at radius 1 is 1.30 bits per heavy atom. The molecule has 1 amide bonds. The van der Waals surface area contributed by atoms with Crippen LogP contribution in [-0.4, -0.2) is 34.9 Å². The largest absolute Gasteiger partial charge is 0.475 e. The van der Waals surface area contributed by atoms with Gasteiger partial charge in [0.1, 0.15) is 0 Å². The van der Waals surface area contributed by atoms with E-state index in [9.17, 15) is 14.4 Å². The maximum atomic E-state index is 11.7. The first-order valence-corrected chi connectivity index (χ1v) is 5.55. The fourth-order valence-corrected chi connectivity index (χ4v) is 1.40. The van der Waals surface area contributed by atoms with Crippen LogP contribution in [0.1, 0.15) is 12.0 Å². The Bertz CT molecular complexity index is 559. The van der Waals surface area contributed by atoms with Gasteiger partial charge in [0, 0.05) is 0 Å². The second kappa shape index (κ2) is 7.01. The monoisotopic (exact) mass is 276 g/mol. The third-order valence-corrected chi connectivity index (χ3v) is 2.44. The van der Waals surface area contributed by atoms with Crippen LogP contribution in [-0.2, 0) is 25.8 Å². The van der Waals surface area contributed by atoms with Crippen LogP contribution < -0.4 is 0 Å². The van der Waals surface area contributed by atoms with Crippen molar-refractivity contribution in [3.05, 3.63) is 41.2 Å². The summed E-state index contributed by atoms with van der Waals surface area (Å²) < 4.78 is 0. The molecule has 0 atom stereocenters. The molecular formula is C13H12N2O5. The summed E-state index contributed by atoms with van der Waals surface area (Å²) in [6.45, 7) is 6.88. The maximum absolute atomic E-state index is 11.7. The van der Waals surface area contributed by atoms with Crippen molar-refractivity contribution in [1.82, 2.24) is 5.06 Å². The van der Waals surface area contributed by atoms with E-state index in [1.807, 2.05) is 0 Å². The molecule has 104 valence electrons. The zero-order valence-corrected chi connectivity index (χ0v) is 10.7. The lowest BCUT2D eigenvalue weighted by molar-refractivity contribution is -0.180. The number of nitrogens with zero attached hydrogens (tertiary/aromatic N) is 2. The number of benzene rings is 1. The highest BCUT2D eigenvalue weighted by Crippen LogP contribution is 2.14. The molecule has 1 rings (SSSR count). The Labute approximate surface area is 115 Å². The van der Waals surface area contributed by atoms with Crippen molar-refractivity contribution in [3.8, 4) is 0 Å². The zero-order valence-electron chi connectivity index (χ0n) is 10.7. The zero-order chi connectivity index (χ0) is 15.1. The molecule has 0 saturated heterocycles. The first-order valence-electron chi connectivity index (χ1n) is 5.55. The lowest BCUT2D eigenvalue weighted by atomic mass is 10.2. The summed E-state index contributed by atoms with van der Waals surface area (Å²) in [6.07, 6.45) is -0.761. The van der Waals surface area contributed by atoms with Crippen molar-refractivity contribution >= 4 is 23.3 Å². The van der Waals surface area contributed by atoms with Gasteiger partial charge in [0.05, 0.1) is 26.6 Å². The molecule has 7 nitrogen and oxygen atoms in total. The summed E-state index contributed by atoms with van der Waals surface area (Å²) in [6, 6.07) is 6.46. The van der Waals surface area contributed by atoms with E-state index < -0.39 is 24.1 Å². The molecule has 7 heteroatoms. The van der Waals surface area contributed by atoms with Gasteiger partial charge in [-0.25, -0.2) is 14.7 Å². The topological polar surface area (TPSA) is 88.3 Å². The SMILES string of the molecule is [C-]#[N+]c1ccc(CN(OC)C(=O)CC(=O)C(=O)O)cc1. The highest BCUT2D eigenvalue weighted by atomic mass is 16.7. The van der Waals surface area contributed by atoms with E-state index in [0.717, 1.165) is 5.06 Å². The molecule has 0 unspecified atom stereocenters. The summed E-state index contributed by atoms with van der Waals surface area (Å²) in [5.41, 5.74) is 1.15. The van der Waals surface area contributed by atoms with Crippen molar-refractivity contribution in [2.24, 2.45) is 0 Å². The predicted octanol–water partition coefficient (Wildman–Crippen LogP) is 1.17. The number of ketones is 1. The number of carboxylic acid groups (broad SMARTS) is 1. The van der Waals surface area contributed by atoms with E-state index in [1.54, 1.807) is 24.3 Å². The second-order valence-electron chi connectivity index (χ2n) is 3.80. The van der Waals surface area contributed by atoms with Crippen LogP contribution in [0.15, 0.2) is 24.3 Å². The molecule has 0 heterocycles. The summed E-state index contributed by atoms with van der Waals surface area (Å²) in [5.74, 6) is -3.59. The number of amides is 1. The van der Waals surface area contributed by atoms with E-state index in [2.05, 4.69) is 4.85 Å². The average Bonchev–Trinajstić information content (AvgIpc) is 2.44. The van der Waals surface area contributed by atoms with Crippen molar-refractivity contribution in [1.29, 1.82) is 0 Å². The fourth-order valence-electron chi connectivity index (χ4n) is 1.40. The summed E-state index contributed by atoms with van der Waals surface area (Å²) in [7, 11) is 1.25. The van der Waals surface area contributed by atoms with Crippen molar-refractivity contribution in [2.45, 2.75) is 13.0 Å². The van der Waals surface area contributed by atoms with E-state index in [4.69, 9.17) is 16.5 Å². The normalized spacial score (nSPS) is 9.60. The van der Waals surface area contributed by atoms with Crippen molar-refractivity contribution < 1.29 is 24.3 Å². The molecule has 0 fully saturated rings. The molecule has 0 saturated carbocycles. The third-order valence-electron chi connectivity index (χ3n) is 2.44. The minimum atomic E-state index is -1.66. The third kappa shape index (κ3) is 4.19. The van der Waals surface area contributed by atoms with Gasteiger partial charge in [-0.1, -0.05) is 24.3 Å². The van der Waals surface area contributed by atoms with Gasteiger partial charge in [-0.3, -0.25) is 14.4 Å². The van der Waals surface area contributed by atoms with E-state index in [0.29, 0.717) is 11.3 Å². The minimum absolute atomic E-state index is 0.0561. The van der Waals surface area contributed by atoms with Crippen molar-refractivity contribution in [3.63, 3.8) is 0 Å². The second-order valence-corrected chi connectivity index (χ2v) is 3.80.